The number of aryl methyl sites for hydroxylation is 1. The van der Waals surface area contributed by atoms with E-state index in [9.17, 15) is 9.59 Å². The predicted octanol–water partition coefficient (Wildman–Crippen LogP) is 4.14. The fourth-order valence-corrected chi connectivity index (χ4v) is 3.29. The molecule has 8 heteroatoms. The van der Waals surface area contributed by atoms with Gasteiger partial charge in [0.05, 0.1) is 17.9 Å². The van der Waals surface area contributed by atoms with Crippen LogP contribution in [0, 0.1) is 0 Å². The van der Waals surface area contributed by atoms with Crippen LogP contribution in [0.5, 0.6) is 5.75 Å². The largest absolute Gasteiger partial charge is 0.482 e. The molecule has 0 aliphatic carbocycles. The first-order valence-electron chi connectivity index (χ1n) is 9.54. The molecule has 1 aliphatic heterocycles. The van der Waals surface area contributed by atoms with Crippen LogP contribution in [0.2, 0.25) is 5.02 Å². The Bertz CT molecular complexity index is 1080. The summed E-state index contributed by atoms with van der Waals surface area (Å²) in [6.45, 7) is 1.90. The van der Waals surface area contributed by atoms with Gasteiger partial charge in [-0.25, -0.2) is 4.98 Å². The lowest BCUT2D eigenvalue weighted by Crippen LogP contribution is -2.28. The second-order valence-corrected chi connectivity index (χ2v) is 7.44. The van der Waals surface area contributed by atoms with Gasteiger partial charge in [0.2, 0.25) is 5.91 Å². The number of halogens is 1. The van der Waals surface area contributed by atoms with E-state index in [1.54, 1.807) is 24.4 Å². The van der Waals surface area contributed by atoms with E-state index in [0.29, 0.717) is 34.5 Å². The Balaban J connectivity index is 1.32. The smallest absolute Gasteiger partial charge is 0.262 e. The SMILES string of the molecule is C[C@H](NC(=O)CCc1ncc(-c2ccc(Cl)cc2)o1)c1ccc2c(c1)NC(=O)CO2. The second-order valence-electron chi connectivity index (χ2n) is 7.01. The number of benzene rings is 2. The molecule has 0 saturated heterocycles. The summed E-state index contributed by atoms with van der Waals surface area (Å²) in [6.07, 6.45) is 2.28. The van der Waals surface area contributed by atoms with Crippen LogP contribution in [-0.4, -0.2) is 23.4 Å². The van der Waals surface area contributed by atoms with Crippen LogP contribution < -0.4 is 15.4 Å². The van der Waals surface area contributed by atoms with Crippen molar-refractivity contribution in [3.63, 3.8) is 0 Å². The number of amides is 2. The number of hydrogen-bond donors (Lipinski definition) is 2. The Labute approximate surface area is 178 Å². The van der Waals surface area contributed by atoms with E-state index in [0.717, 1.165) is 11.1 Å². The van der Waals surface area contributed by atoms with Gasteiger partial charge in [-0.2, -0.15) is 0 Å². The first kappa shape index (κ1) is 20.0. The summed E-state index contributed by atoms with van der Waals surface area (Å²) in [4.78, 5) is 28.1. The molecule has 2 aromatic carbocycles. The molecule has 1 atom stereocenters. The summed E-state index contributed by atoms with van der Waals surface area (Å²) in [5.41, 5.74) is 2.35. The molecule has 2 amide bonds. The van der Waals surface area contributed by atoms with E-state index in [-0.39, 0.29) is 30.9 Å². The zero-order valence-electron chi connectivity index (χ0n) is 16.3. The molecule has 0 bridgehead atoms. The standard InChI is InChI=1S/C22H20ClN3O4/c1-13(15-4-7-18-17(10-15)26-21(28)12-29-18)25-20(27)8-9-22-24-11-19(30-22)14-2-5-16(23)6-3-14/h2-7,10-11,13H,8-9,12H2,1H3,(H,25,27)(H,26,28)/t13-/m0/s1. The quantitative estimate of drug-likeness (QED) is 0.619. The van der Waals surface area contributed by atoms with E-state index < -0.39 is 0 Å². The minimum atomic E-state index is -0.226. The second kappa shape index (κ2) is 8.59. The third kappa shape index (κ3) is 4.63. The minimum Gasteiger partial charge on any atom is -0.482 e. The molecule has 3 aromatic rings. The lowest BCUT2D eigenvalue weighted by atomic mass is 10.1. The highest BCUT2D eigenvalue weighted by molar-refractivity contribution is 6.30. The molecule has 0 unspecified atom stereocenters. The number of carbonyl (C=O) groups excluding carboxylic acids is 2. The van der Waals surface area contributed by atoms with Gasteiger partial charge in [-0.3, -0.25) is 9.59 Å². The van der Waals surface area contributed by atoms with Crippen molar-refractivity contribution in [2.24, 2.45) is 0 Å². The summed E-state index contributed by atoms with van der Waals surface area (Å²) in [5, 5.41) is 6.37. The summed E-state index contributed by atoms with van der Waals surface area (Å²) in [7, 11) is 0. The highest BCUT2D eigenvalue weighted by Gasteiger charge is 2.18. The molecule has 1 aliphatic rings. The molecule has 2 heterocycles. The van der Waals surface area contributed by atoms with Crippen molar-refractivity contribution in [1.82, 2.24) is 10.3 Å². The Morgan fingerprint density at radius 1 is 1.27 bits per heavy atom. The molecule has 2 N–H and O–H groups in total. The number of fused-ring (bicyclic) bond motifs is 1. The van der Waals surface area contributed by atoms with E-state index in [1.165, 1.54) is 0 Å². The maximum atomic E-state index is 12.4. The average Bonchev–Trinajstić information content (AvgIpc) is 3.21. The third-order valence-corrected chi connectivity index (χ3v) is 5.01. The lowest BCUT2D eigenvalue weighted by molar-refractivity contribution is -0.122. The maximum Gasteiger partial charge on any atom is 0.262 e. The van der Waals surface area contributed by atoms with E-state index in [2.05, 4.69) is 15.6 Å². The topological polar surface area (TPSA) is 93.5 Å². The Hall–Kier alpha value is -3.32. The molecule has 7 nitrogen and oxygen atoms in total. The van der Waals surface area contributed by atoms with E-state index in [4.69, 9.17) is 20.8 Å². The number of rotatable bonds is 6. The molecule has 0 spiro atoms. The van der Waals surface area contributed by atoms with E-state index >= 15 is 0 Å². The van der Waals surface area contributed by atoms with Gasteiger partial charge in [-0.15, -0.1) is 0 Å². The van der Waals surface area contributed by atoms with Crippen LogP contribution >= 0.6 is 11.6 Å². The van der Waals surface area contributed by atoms with E-state index in [1.807, 2.05) is 31.2 Å². The summed E-state index contributed by atoms with van der Waals surface area (Å²) in [6, 6.07) is 12.5. The van der Waals surface area contributed by atoms with Crippen LogP contribution in [0.4, 0.5) is 5.69 Å². The van der Waals surface area contributed by atoms with Gasteiger partial charge in [0.1, 0.15) is 5.75 Å². The lowest BCUT2D eigenvalue weighted by Gasteiger charge is -2.21. The molecule has 1 aromatic heterocycles. The van der Waals surface area contributed by atoms with Crippen molar-refractivity contribution in [1.29, 1.82) is 0 Å². The van der Waals surface area contributed by atoms with Gasteiger partial charge < -0.3 is 19.8 Å². The van der Waals surface area contributed by atoms with Crippen LogP contribution in [0.1, 0.15) is 30.8 Å². The number of nitrogens with zero attached hydrogens (tertiary/aromatic N) is 1. The molecular formula is C22H20ClN3O4. The zero-order chi connectivity index (χ0) is 21.1. The Morgan fingerprint density at radius 3 is 2.87 bits per heavy atom. The van der Waals surface area contributed by atoms with Crippen LogP contribution in [0.25, 0.3) is 11.3 Å². The third-order valence-electron chi connectivity index (χ3n) is 4.76. The van der Waals surface area contributed by atoms with Crippen molar-refractivity contribution >= 4 is 29.1 Å². The highest BCUT2D eigenvalue weighted by Crippen LogP contribution is 2.30. The molecular weight excluding hydrogens is 406 g/mol. The number of ether oxygens (including phenoxy) is 1. The predicted molar refractivity (Wildman–Crippen MR) is 112 cm³/mol. The summed E-state index contributed by atoms with van der Waals surface area (Å²) in [5.74, 6) is 1.44. The van der Waals surface area contributed by atoms with Crippen LogP contribution in [0.15, 0.2) is 53.1 Å². The Kier molecular flexibility index (Phi) is 5.72. The number of oxazole rings is 1. The number of carbonyl (C=O) groups is 2. The minimum absolute atomic E-state index is 0.0131. The normalized spacial score (nSPS) is 13.7. The molecule has 0 radical (unpaired) electrons. The van der Waals surface area contributed by atoms with Crippen molar-refractivity contribution in [3.8, 4) is 17.1 Å². The van der Waals surface area contributed by atoms with Crippen molar-refractivity contribution in [2.75, 3.05) is 11.9 Å². The summed E-state index contributed by atoms with van der Waals surface area (Å²) < 4.78 is 11.1. The Morgan fingerprint density at radius 2 is 2.07 bits per heavy atom. The van der Waals surface area contributed by atoms with Gasteiger partial charge in [-0.1, -0.05) is 17.7 Å². The fourth-order valence-electron chi connectivity index (χ4n) is 3.16. The van der Waals surface area contributed by atoms with Crippen LogP contribution in [-0.2, 0) is 16.0 Å². The van der Waals surface area contributed by atoms with Crippen molar-refractivity contribution in [2.45, 2.75) is 25.8 Å². The van der Waals surface area contributed by atoms with Gasteiger partial charge >= 0.3 is 0 Å². The number of anilines is 1. The first-order valence-corrected chi connectivity index (χ1v) is 9.92. The molecule has 154 valence electrons. The monoisotopic (exact) mass is 425 g/mol. The van der Waals surface area contributed by atoms with Gasteiger partial charge in [0.15, 0.2) is 18.3 Å². The number of hydrogen-bond acceptors (Lipinski definition) is 5. The first-order chi connectivity index (χ1) is 14.5. The maximum absolute atomic E-state index is 12.4. The average molecular weight is 426 g/mol. The van der Waals surface area contributed by atoms with Crippen molar-refractivity contribution < 1.29 is 18.7 Å². The number of aromatic nitrogens is 1. The van der Waals surface area contributed by atoms with Crippen molar-refractivity contribution in [3.05, 3.63) is 65.1 Å². The fraction of sp³-hybridized carbons (Fsp3) is 0.227. The molecule has 0 fully saturated rings. The van der Waals surface area contributed by atoms with Gasteiger partial charge in [-0.05, 0) is 48.9 Å². The highest BCUT2D eigenvalue weighted by atomic mass is 35.5. The van der Waals surface area contributed by atoms with Gasteiger partial charge in [0, 0.05) is 23.4 Å². The molecule has 4 rings (SSSR count). The zero-order valence-corrected chi connectivity index (χ0v) is 17.0. The van der Waals surface area contributed by atoms with Crippen LogP contribution in [0.3, 0.4) is 0 Å². The molecule has 0 saturated carbocycles. The van der Waals surface area contributed by atoms with Gasteiger partial charge in [0.25, 0.3) is 5.91 Å². The molecule has 30 heavy (non-hydrogen) atoms. The summed E-state index contributed by atoms with van der Waals surface area (Å²) >= 11 is 5.90. The number of nitrogens with one attached hydrogen (secondary N) is 2.